The Hall–Kier alpha value is -0.0800. The van der Waals surface area contributed by atoms with Crippen LogP contribution in [0.3, 0.4) is 0 Å². The number of nitrogens with one attached hydrogen (secondary N) is 1. The van der Waals surface area contributed by atoms with E-state index in [9.17, 15) is 0 Å². The third-order valence-electron chi connectivity index (χ3n) is 3.04. The Bertz CT molecular complexity index is 149. The zero-order valence-corrected chi connectivity index (χ0v) is 11.6. The zero-order valence-electron chi connectivity index (χ0n) is 11.6. The van der Waals surface area contributed by atoms with Gasteiger partial charge >= 0.3 is 0 Å². The molecule has 1 atom stereocenters. The second-order valence-corrected chi connectivity index (χ2v) is 5.80. The molecule has 0 spiro atoms. The fourth-order valence-electron chi connectivity index (χ4n) is 1.38. The molecule has 0 radical (unpaired) electrons. The summed E-state index contributed by atoms with van der Waals surface area (Å²) in [7, 11) is 2.21. The normalized spacial score (nSPS) is 14.6. The second kappa shape index (κ2) is 7.24. The molecule has 15 heavy (non-hydrogen) atoms. The largest absolute Gasteiger partial charge is 0.315 e. The number of rotatable bonds is 7. The van der Waals surface area contributed by atoms with Crippen LogP contribution in [0.25, 0.3) is 0 Å². The fourth-order valence-corrected chi connectivity index (χ4v) is 1.38. The molecule has 2 nitrogen and oxygen atoms in total. The average molecular weight is 214 g/mol. The van der Waals surface area contributed by atoms with Crippen LogP contribution in [0.5, 0.6) is 0 Å². The van der Waals surface area contributed by atoms with Gasteiger partial charge in [-0.1, -0.05) is 27.7 Å². The molecule has 0 fully saturated rings. The molecule has 0 bridgehead atoms. The minimum Gasteiger partial charge on any atom is -0.315 e. The van der Waals surface area contributed by atoms with Crippen molar-refractivity contribution < 1.29 is 0 Å². The van der Waals surface area contributed by atoms with E-state index in [1.807, 2.05) is 0 Å². The summed E-state index contributed by atoms with van der Waals surface area (Å²) in [5.41, 5.74) is 0.454. The highest BCUT2D eigenvalue weighted by atomic mass is 15.1. The van der Waals surface area contributed by atoms with Gasteiger partial charge in [0.05, 0.1) is 0 Å². The Labute approximate surface area is 96.4 Å². The Morgan fingerprint density at radius 3 is 2.27 bits per heavy atom. The summed E-state index contributed by atoms with van der Waals surface area (Å²) >= 11 is 0. The van der Waals surface area contributed by atoms with Gasteiger partial charge in [0.1, 0.15) is 0 Å². The summed E-state index contributed by atoms with van der Waals surface area (Å²) in [6.45, 7) is 14.8. The molecule has 0 aliphatic heterocycles. The van der Waals surface area contributed by atoms with Crippen LogP contribution in [0.15, 0.2) is 0 Å². The molecule has 0 aromatic rings. The predicted molar refractivity (Wildman–Crippen MR) is 69.3 cm³/mol. The molecule has 0 aliphatic carbocycles. The topological polar surface area (TPSA) is 15.3 Å². The molecule has 0 amide bonds. The van der Waals surface area contributed by atoms with Crippen LogP contribution in [-0.2, 0) is 0 Å². The van der Waals surface area contributed by atoms with E-state index in [4.69, 9.17) is 0 Å². The summed E-state index contributed by atoms with van der Waals surface area (Å²) < 4.78 is 0. The fraction of sp³-hybridized carbons (Fsp3) is 1.00. The minimum atomic E-state index is 0.454. The molecule has 0 saturated carbocycles. The van der Waals surface area contributed by atoms with Crippen molar-refractivity contribution in [3.63, 3.8) is 0 Å². The van der Waals surface area contributed by atoms with E-state index in [2.05, 4.69) is 51.9 Å². The summed E-state index contributed by atoms with van der Waals surface area (Å²) in [5.74, 6) is 0. The van der Waals surface area contributed by atoms with Crippen molar-refractivity contribution in [2.75, 3.05) is 26.7 Å². The number of nitrogens with zero attached hydrogens (tertiary/aromatic N) is 1. The van der Waals surface area contributed by atoms with Gasteiger partial charge in [-0.05, 0) is 38.8 Å². The van der Waals surface area contributed by atoms with Crippen molar-refractivity contribution in [1.82, 2.24) is 10.2 Å². The SMILES string of the molecule is CCC(C)N(C)CCNCCC(C)(C)C. The lowest BCUT2D eigenvalue weighted by atomic mass is 9.92. The first-order chi connectivity index (χ1) is 6.87. The monoisotopic (exact) mass is 214 g/mol. The molecule has 1 unspecified atom stereocenters. The lowest BCUT2D eigenvalue weighted by molar-refractivity contribution is 0.249. The second-order valence-electron chi connectivity index (χ2n) is 5.80. The maximum absolute atomic E-state index is 3.51. The highest BCUT2D eigenvalue weighted by Crippen LogP contribution is 2.16. The maximum Gasteiger partial charge on any atom is 0.0107 e. The predicted octanol–water partition coefficient (Wildman–Crippen LogP) is 2.74. The van der Waals surface area contributed by atoms with Crippen molar-refractivity contribution >= 4 is 0 Å². The molecule has 0 aromatic heterocycles. The molecular weight excluding hydrogens is 184 g/mol. The van der Waals surface area contributed by atoms with E-state index in [-0.39, 0.29) is 0 Å². The van der Waals surface area contributed by atoms with Crippen molar-refractivity contribution in [3.05, 3.63) is 0 Å². The standard InChI is InChI=1S/C13H30N2/c1-7-12(2)15(6)11-10-14-9-8-13(3,4)5/h12,14H,7-11H2,1-6H3. The van der Waals surface area contributed by atoms with Crippen LogP contribution in [0.1, 0.15) is 47.5 Å². The highest BCUT2D eigenvalue weighted by molar-refractivity contribution is 4.65. The van der Waals surface area contributed by atoms with Crippen molar-refractivity contribution in [3.8, 4) is 0 Å². The molecule has 92 valence electrons. The van der Waals surface area contributed by atoms with Crippen molar-refractivity contribution in [2.45, 2.75) is 53.5 Å². The van der Waals surface area contributed by atoms with Gasteiger partial charge in [-0.15, -0.1) is 0 Å². The van der Waals surface area contributed by atoms with Crippen LogP contribution in [0.2, 0.25) is 0 Å². The van der Waals surface area contributed by atoms with Crippen LogP contribution in [0, 0.1) is 5.41 Å². The van der Waals surface area contributed by atoms with E-state index in [0.29, 0.717) is 11.5 Å². The minimum absolute atomic E-state index is 0.454. The van der Waals surface area contributed by atoms with E-state index in [0.717, 1.165) is 19.6 Å². The summed E-state index contributed by atoms with van der Waals surface area (Å²) in [6, 6.07) is 0.703. The molecule has 0 aliphatic rings. The molecule has 2 heteroatoms. The van der Waals surface area contributed by atoms with Gasteiger partial charge in [-0.25, -0.2) is 0 Å². The Balaban J connectivity index is 3.39. The van der Waals surface area contributed by atoms with Gasteiger partial charge in [-0.3, -0.25) is 0 Å². The highest BCUT2D eigenvalue weighted by Gasteiger charge is 2.09. The molecule has 0 aromatic carbocycles. The Kier molecular flexibility index (Phi) is 7.20. The van der Waals surface area contributed by atoms with Crippen molar-refractivity contribution in [1.29, 1.82) is 0 Å². The maximum atomic E-state index is 3.51. The summed E-state index contributed by atoms with van der Waals surface area (Å²) in [5, 5.41) is 3.51. The van der Waals surface area contributed by atoms with Gasteiger partial charge in [0.15, 0.2) is 0 Å². The van der Waals surface area contributed by atoms with Gasteiger partial charge in [-0.2, -0.15) is 0 Å². The summed E-state index contributed by atoms with van der Waals surface area (Å²) in [6.07, 6.45) is 2.48. The lowest BCUT2D eigenvalue weighted by Gasteiger charge is -2.24. The van der Waals surface area contributed by atoms with E-state index in [1.165, 1.54) is 12.8 Å². The van der Waals surface area contributed by atoms with Gasteiger partial charge in [0, 0.05) is 19.1 Å². The smallest absolute Gasteiger partial charge is 0.0107 e. The lowest BCUT2D eigenvalue weighted by Crippen LogP contribution is -2.35. The van der Waals surface area contributed by atoms with E-state index < -0.39 is 0 Å². The van der Waals surface area contributed by atoms with E-state index in [1.54, 1.807) is 0 Å². The molecule has 0 heterocycles. The average Bonchev–Trinajstić information content (AvgIpc) is 2.14. The first-order valence-corrected chi connectivity index (χ1v) is 6.28. The van der Waals surface area contributed by atoms with E-state index >= 15 is 0 Å². The first kappa shape index (κ1) is 14.9. The number of likely N-dealkylation sites (N-methyl/N-ethyl adjacent to an activating group) is 1. The van der Waals surface area contributed by atoms with Crippen LogP contribution < -0.4 is 5.32 Å². The number of hydrogen-bond acceptors (Lipinski definition) is 2. The molecule has 0 rings (SSSR count). The molecule has 0 saturated heterocycles. The third kappa shape index (κ3) is 8.88. The van der Waals surface area contributed by atoms with Crippen molar-refractivity contribution in [2.24, 2.45) is 5.41 Å². The molecule has 1 N–H and O–H groups in total. The quantitative estimate of drug-likeness (QED) is 0.656. The van der Waals surface area contributed by atoms with Crippen LogP contribution in [0.4, 0.5) is 0 Å². The third-order valence-corrected chi connectivity index (χ3v) is 3.04. The van der Waals surface area contributed by atoms with Gasteiger partial charge in [0.25, 0.3) is 0 Å². The number of hydrogen-bond donors (Lipinski definition) is 1. The van der Waals surface area contributed by atoms with Gasteiger partial charge in [0.2, 0.25) is 0 Å². The first-order valence-electron chi connectivity index (χ1n) is 6.28. The summed E-state index contributed by atoms with van der Waals surface area (Å²) in [4.78, 5) is 2.42. The van der Waals surface area contributed by atoms with Gasteiger partial charge < -0.3 is 10.2 Å². The Morgan fingerprint density at radius 2 is 1.80 bits per heavy atom. The molecular formula is C13H30N2. The Morgan fingerprint density at radius 1 is 1.20 bits per heavy atom. The zero-order chi connectivity index (χ0) is 11.9. The van der Waals surface area contributed by atoms with Crippen LogP contribution >= 0.6 is 0 Å². The van der Waals surface area contributed by atoms with Crippen LogP contribution in [-0.4, -0.2) is 37.6 Å².